The molecule has 6 rings (SSSR count). The van der Waals surface area contributed by atoms with Crippen LogP contribution < -0.4 is 4.31 Å². The lowest BCUT2D eigenvalue weighted by molar-refractivity contribution is -0.163. The Bertz CT molecular complexity index is 1480. The van der Waals surface area contributed by atoms with E-state index in [0.29, 0.717) is 18.7 Å². The molecule has 3 aromatic rings. The summed E-state index contributed by atoms with van der Waals surface area (Å²) in [7, 11) is 1.33. The molecule has 0 spiro atoms. The van der Waals surface area contributed by atoms with Gasteiger partial charge in [-0.15, -0.1) is 0 Å². The van der Waals surface area contributed by atoms with Crippen molar-refractivity contribution in [1.29, 1.82) is 0 Å². The molecule has 2 N–H and O–H groups in total. The number of benzene rings is 3. The number of aliphatic hydroxyl groups is 2. The summed E-state index contributed by atoms with van der Waals surface area (Å²) in [5.41, 5.74) is 5.51. The third kappa shape index (κ3) is 3.58. The normalized spacial score (nSPS) is 22.7. The van der Waals surface area contributed by atoms with Crippen LogP contribution in [0.4, 0.5) is 5.69 Å². The van der Waals surface area contributed by atoms with Gasteiger partial charge in [0.1, 0.15) is 5.70 Å². The van der Waals surface area contributed by atoms with Crippen molar-refractivity contribution in [2.45, 2.75) is 37.3 Å². The van der Waals surface area contributed by atoms with Gasteiger partial charge in [-0.05, 0) is 65.1 Å². The molecule has 8 heteroatoms. The Morgan fingerprint density at radius 2 is 1.87 bits per heavy atom. The van der Waals surface area contributed by atoms with Crippen molar-refractivity contribution in [3.05, 3.63) is 71.4 Å². The van der Waals surface area contributed by atoms with E-state index in [4.69, 9.17) is 4.74 Å². The zero-order valence-corrected chi connectivity index (χ0v) is 22.4. The maximum Gasteiger partial charge on any atom is 0.354 e. The fourth-order valence-electron chi connectivity index (χ4n) is 6.37. The van der Waals surface area contributed by atoms with Crippen molar-refractivity contribution < 1.29 is 24.5 Å². The summed E-state index contributed by atoms with van der Waals surface area (Å²) < 4.78 is 7.28. The second kappa shape index (κ2) is 9.45. The Morgan fingerprint density at radius 3 is 2.55 bits per heavy atom. The monoisotopic (exact) mass is 530 g/mol. The van der Waals surface area contributed by atoms with E-state index >= 15 is 0 Å². The summed E-state index contributed by atoms with van der Waals surface area (Å²) in [5, 5.41) is 22.3. The van der Waals surface area contributed by atoms with Crippen molar-refractivity contribution >= 4 is 40.3 Å². The van der Waals surface area contributed by atoms with Crippen molar-refractivity contribution in [3.63, 3.8) is 0 Å². The number of ether oxygens (including phenoxy) is 1. The van der Waals surface area contributed by atoms with Crippen LogP contribution in [0.1, 0.15) is 19.4 Å². The van der Waals surface area contributed by atoms with Crippen LogP contribution in [0.2, 0.25) is 0 Å². The second-order valence-corrected chi connectivity index (χ2v) is 11.3. The van der Waals surface area contributed by atoms with Crippen LogP contribution >= 0.6 is 11.9 Å². The molecular weight excluding hydrogens is 500 g/mol. The van der Waals surface area contributed by atoms with E-state index in [2.05, 4.69) is 40.7 Å². The van der Waals surface area contributed by atoms with Crippen LogP contribution in [-0.4, -0.2) is 59.4 Å². The highest BCUT2D eigenvalue weighted by Crippen LogP contribution is 2.53. The molecule has 3 aromatic carbocycles. The van der Waals surface area contributed by atoms with Crippen LogP contribution in [0.25, 0.3) is 21.9 Å². The summed E-state index contributed by atoms with van der Waals surface area (Å²) in [6.45, 7) is 4.15. The standard InChI is InChI=1S/C30H30N2O5S/c1-16-21(28(30(36)37-3)32-27(16)24(17(2)34)29(32)35)15-31-22-11-10-20(18-7-5-4-6-8-18)25-19(13-14-33)9-12-23(38-31)26(22)25/h4-12,16-17,24,27,33-34H,13-15H2,1-3H3/t16-,17+,24+,27?/m0/s1. The number of amides is 1. The van der Waals surface area contributed by atoms with E-state index in [1.165, 1.54) is 12.0 Å². The number of methoxy groups -OCH3 is 1. The van der Waals surface area contributed by atoms with Crippen molar-refractivity contribution in [2.75, 3.05) is 24.6 Å². The quantitative estimate of drug-likeness (QED) is 0.269. The summed E-state index contributed by atoms with van der Waals surface area (Å²) in [6, 6.07) is 18.4. The number of nitrogens with zero attached hydrogens (tertiary/aromatic N) is 2. The molecule has 0 aliphatic carbocycles. The Hall–Kier alpha value is -3.33. The van der Waals surface area contributed by atoms with Gasteiger partial charge in [-0.3, -0.25) is 4.79 Å². The summed E-state index contributed by atoms with van der Waals surface area (Å²) in [6.07, 6.45) is -0.233. The molecule has 0 saturated carbocycles. The van der Waals surface area contributed by atoms with Crippen molar-refractivity contribution in [2.24, 2.45) is 11.8 Å². The molecule has 1 fully saturated rings. The van der Waals surface area contributed by atoms with E-state index in [1.807, 2.05) is 25.1 Å². The van der Waals surface area contributed by atoms with E-state index in [0.717, 1.165) is 43.6 Å². The minimum Gasteiger partial charge on any atom is -0.464 e. The van der Waals surface area contributed by atoms with Crippen LogP contribution in [0.3, 0.4) is 0 Å². The lowest BCUT2D eigenvalue weighted by Crippen LogP contribution is -2.63. The van der Waals surface area contributed by atoms with E-state index in [1.54, 1.807) is 18.9 Å². The SMILES string of the molecule is COC(=O)C1=C(CN2Sc3ccc(CCO)c4c(-c5ccccc5)ccc2c34)[C@H](C)C2[C@@H]([C@@H](C)O)C(=O)N12. The molecule has 0 bridgehead atoms. The smallest absolute Gasteiger partial charge is 0.354 e. The molecule has 7 nitrogen and oxygen atoms in total. The zero-order valence-electron chi connectivity index (χ0n) is 21.5. The Balaban J connectivity index is 1.45. The number of β-lactam (4-membered cyclic amide) rings is 1. The molecule has 1 saturated heterocycles. The Kier molecular flexibility index (Phi) is 6.21. The first-order valence-electron chi connectivity index (χ1n) is 12.9. The van der Waals surface area contributed by atoms with Gasteiger partial charge in [-0.2, -0.15) is 0 Å². The minimum absolute atomic E-state index is 0.0619. The van der Waals surface area contributed by atoms with E-state index in [-0.39, 0.29) is 24.5 Å². The first-order chi connectivity index (χ1) is 18.4. The number of carbonyl (C=O) groups excluding carboxylic acids is 2. The number of hydrogen-bond acceptors (Lipinski definition) is 7. The fourth-order valence-corrected chi connectivity index (χ4v) is 7.49. The molecule has 4 atom stereocenters. The molecule has 0 radical (unpaired) electrons. The van der Waals surface area contributed by atoms with Crippen molar-refractivity contribution in [1.82, 2.24) is 4.90 Å². The summed E-state index contributed by atoms with van der Waals surface area (Å²) in [4.78, 5) is 28.5. The highest BCUT2D eigenvalue weighted by Gasteiger charge is 2.60. The van der Waals surface area contributed by atoms with Gasteiger partial charge in [0.2, 0.25) is 5.91 Å². The first-order valence-corrected chi connectivity index (χ1v) is 13.7. The van der Waals surface area contributed by atoms with Gasteiger partial charge >= 0.3 is 5.97 Å². The number of esters is 1. The molecule has 38 heavy (non-hydrogen) atoms. The predicted octanol–water partition coefficient (Wildman–Crippen LogP) is 4.15. The first kappa shape index (κ1) is 25.0. The largest absolute Gasteiger partial charge is 0.464 e. The molecule has 196 valence electrons. The topological polar surface area (TPSA) is 90.3 Å². The highest BCUT2D eigenvalue weighted by molar-refractivity contribution is 8.01. The average molecular weight is 531 g/mol. The van der Waals surface area contributed by atoms with Gasteiger partial charge in [0, 0.05) is 22.8 Å². The lowest BCUT2D eigenvalue weighted by atomic mass is 9.77. The molecule has 0 aromatic heterocycles. The number of carbonyl (C=O) groups is 2. The number of hydrogen-bond donors (Lipinski definition) is 2. The molecule has 1 amide bonds. The van der Waals surface area contributed by atoms with Gasteiger partial charge in [0.05, 0.1) is 37.4 Å². The van der Waals surface area contributed by atoms with Crippen LogP contribution in [0, 0.1) is 11.8 Å². The van der Waals surface area contributed by atoms with Crippen LogP contribution in [-0.2, 0) is 20.7 Å². The maximum absolute atomic E-state index is 12.9. The number of anilines is 1. The maximum atomic E-state index is 12.9. The lowest BCUT2D eigenvalue weighted by Gasteiger charge is -2.46. The number of aliphatic hydroxyl groups excluding tert-OH is 2. The summed E-state index contributed by atoms with van der Waals surface area (Å²) >= 11 is 1.62. The van der Waals surface area contributed by atoms with Gasteiger partial charge in [-0.25, -0.2) is 4.79 Å². The van der Waals surface area contributed by atoms with Gasteiger partial charge in [-0.1, -0.05) is 49.4 Å². The number of rotatable bonds is 7. The van der Waals surface area contributed by atoms with Crippen molar-refractivity contribution in [3.8, 4) is 11.1 Å². The van der Waals surface area contributed by atoms with Gasteiger partial charge in [0.15, 0.2) is 0 Å². The number of fused-ring (bicyclic) bond motifs is 1. The molecule has 3 aliphatic heterocycles. The molecule has 1 unspecified atom stereocenters. The minimum atomic E-state index is -0.787. The van der Waals surface area contributed by atoms with Crippen LogP contribution in [0.5, 0.6) is 0 Å². The second-order valence-electron chi connectivity index (χ2n) is 10.2. The fraction of sp³-hybridized carbons (Fsp3) is 0.333. The summed E-state index contributed by atoms with van der Waals surface area (Å²) in [5.74, 6) is -1.38. The van der Waals surface area contributed by atoms with E-state index < -0.39 is 18.0 Å². The van der Waals surface area contributed by atoms with Gasteiger partial charge in [0.25, 0.3) is 0 Å². The van der Waals surface area contributed by atoms with Gasteiger partial charge < -0.3 is 24.2 Å². The highest BCUT2D eigenvalue weighted by atomic mass is 32.2. The Labute approximate surface area is 225 Å². The van der Waals surface area contributed by atoms with E-state index in [9.17, 15) is 19.8 Å². The molecule has 3 heterocycles. The molecule has 3 aliphatic rings. The average Bonchev–Trinajstić information content (AvgIpc) is 3.39. The van der Waals surface area contributed by atoms with Crippen LogP contribution in [0.15, 0.2) is 70.8 Å². The third-order valence-electron chi connectivity index (χ3n) is 8.14. The molecular formula is C30H30N2O5S. The predicted molar refractivity (Wildman–Crippen MR) is 147 cm³/mol. The zero-order chi connectivity index (χ0) is 26.7. The third-order valence-corrected chi connectivity index (χ3v) is 9.22. The Morgan fingerprint density at radius 1 is 1.11 bits per heavy atom.